The van der Waals surface area contributed by atoms with E-state index in [0.717, 1.165) is 12.0 Å². The highest BCUT2D eigenvalue weighted by atomic mass is 32.2. The average molecular weight is 654 g/mol. The molecular weight excluding hydrogens is 621 g/mol. The summed E-state index contributed by atoms with van der Waals surface area (Å²) in [5.74, 6) is -6.27. The van der Waals surface area contributed by atoms with E-state index in [0.29, 0.717) is 33.7 Å². The first-order chi connectivity index (χ1) is 20.8. The van der Waals surface area contributed by atoms with Crippen molar-refractivity contribution in [3.8, 4) is 28.2 Å². The summed E-state index contributed by atoms with van der Waals surface area (Å²) in [6.45, 7) is 10.1. The Hall–Kier alpha value is -4.00. The third-order valence-electron chi connectivity index (χ3n) is 7.18. The number of benzene rings is 3. The van der Waals surface area contributed by atoms with E-state index in [-0.39, 0.29) is 41.9 Å². The minimum atomic E-state index is -6.41. The van der Waals surface area contributed by atoms with E-state index >= 15 is 8.78 Å². The molecule has 0 saturated carbocycles. The van der Waals surface area contributed by atoms with Crippen molar-refractivity contribution in [2.24, 2.45) is 10.4 Å². The molecule has 0 radical (unpaired) electrons. The number of aryl methyl sites for hydroxylation is 1. The van der Waals surface area contributed by atoms with Crippen LogP contribution in [0.4, 0.5) is 22.0 Å². The molecule has 242 valence electrons. The predicted octanol–water partition coefficient (Wildman–Crippen LogP) is 8.32. The average Bonchev–Trinajstić information content (AvgIpc) is 2.91. The maximum Gasteiger partial charge on any atom is 0.534 e. The normalized spacial score (nSPS) is 13.9. The fraction of sp³-hybridized carbons (Fsp3) is 0.375. The van der Waals surface area contributed by atoms with Crippen LogP contribution in [0, 0.1) is 24.0 Å². The number of hydrogen-bond donors (Lipinski definition) is 1. The fourth-order valence-electron chi connectivity index (χ4n) is 5.36. The molecule has 1 heterocycles. The van der Waals surface area contributed by atoms with E-state index in [1.807, 2.05) is 6.92 Å². The quantitative estimate of drug-likeness (QED) is 0.0640. The summed E-state index contributed by atoms with van der Waals surface area (Å²) in [7, 11) is -6.41. The number of carboxylic acids is 1. The van der Waals surface area contributed by atoms with Crippen LogP contribution < -0.4 is 9.54 Å². The zero-order chi connectivity index (χ0) is 33.5. The molecule has 2 aromatic rings. The summed E-state index contributed by atoms with van der Waals surface area (Å²) in [5, 5.41) is 9.31. The molecule has 0 aromatic heterocycles. The number of nitrogens with zero attached hydrogens (tertiary/aromatic N) is 1. The van der Waals surface area contributed by atoms with Crippen molar-refractivity contribution in [2.75, 3.05) is 6.54 Å². The second-order valence-corrected chi connectivity index (χ2v) is 13.6. The highest BCUT2D eigenvalue weighted by Crippen LogP contribution is 2.45. The number of rotatable bonds is 9. The maximum absolute atomic E-state index is 15.8. The maximum atomic E-state index is 15.8. The molecule has 2 aliphatic rings. The van der Waals surface area contributed by atoms with Crippen molar-refractivity contribution < 1.29 is 48.9 Å². The van der Waals surface area contributed by atoms with Crippen molar-refractivity contribution in [1.29, 1.82) is 0 Å². The Morgan fingerprint density at radius 1 is 1.07 bits per heavy atom. The lowest BCUT2D eigenvalue weighted by atomic mass is 9.81. The molecule has 0 spiro atoms. The summed E-state index contributed by atoms with van der Waals surface area (Å²) >= 11 is 0. The fourth-order valence-corrected chi connectivity index (χ4v) is 5.82. The summed E-state index contributed by atoms with van der Waals surface area (Å²) in [5.41, 5.74) is -4.03. The molecule has 13 heteroatoms. The van der Waals surface area contributed by atoms with Crippen molar-refractivity contribution >= 4 is 27.1 Å². The minimum Gasteiger partial charge on any atom is -0.481 e. The van der Waals surface area contributed by atoms with Gasteiger partial charge in [0, 0.05) is 35.5 Å². The van der Waals surface area contributed by atoms with Gasteiger partial charge in [0.05, 0.1) is 5.36 Å². The van der Waals surface area contributed by atoms with Gasteiger partial charge in [0.15, 0.2) is 11.4 Å². The van der Waals surface area contributed by atoms with Gasteiger partial charge in [-0.2, -0.15) is 26.0 Å². The number of alkyl halides is 3. The van der Waals surface area contributed by atoms with Gasteiger partial charge in [-0.25, -0.2) is 4.39 Å². The van der Waals surface area contributed by atoms with E-state index in [1.165, 1.54) is 6.07 Å². The molecule has 1 aliphatic heterocycles. The number of aliphatic carboxylic acids is 1. The standard InChI is InChI=1S/C32H32F5NO6S/c1-17-9-6-7-10-19(17)27-21-13-20(18(2)16-31(3,4)5)24(38-12-8-11-26(39)40)15-25(21)43-29-22(27)14-23(33)30(28(29)34)44-45(41,42)32(35,36)37/h6-7,9-10,13-15,18H,8,11-12,16H2,1-5H3,(H,39,40)/b38-24+. The first-order valence-corrected chi connectivity index (χ1v) is 15.4. The van der Waals surface area contributed by atoms with Gasteiger partial charge in [0.25, 0.3) is 0 Å². The van der Waals surface area contributed by atoms with Crippen LogP contribution in [0.5, 0.6) is 5.75 Å². The summed E-state index contributed by atoms with van der Waals surface area (Å²) in [6, 6.07) is 10.9. The number of fused-ring (bicyclic) bond motifs is 2. The molecule has 0 amide bonds. The smallest absolute Gasteiger partial charge is 0.481 e. The Labute approximate surface area is 256 Å². The highest BCUT2D eigenvalue weighted by molar-refractivity contribution is 7.88. The molecule has 0 saturated heterocycles. The van der Waals surface area contributed by atoms with Crippen LogP contribution in [0.2, 0.25) is 0 Å². The Morgan fingerprint density at radius 3 is 2.33 bits per heavy atom. The van der Waals surface area contributed by atoms with E-state index < -0.39 is 44.6 Å². The zero-order valence-electron chi connectivity index (χ0n) is 25.2. The monoisotopic (exact) mass is 653 g/mol. The molecule has 1 N–H and O–H groups in total. The SMILES string of the molecule is Cc1ccccc1-c1c2cc(C(C)CC(C)(C)C)/c(=N/CCCC(=O)O)cc-2oc2c(F)c(OS(=O)(=O)C(F)(F)F)c(F)cc12. The summed E-state index contributed by atoms with van der Waals surface area (Å²) in [4.78, 5) is 15.6. The largest absolute Gasteiger partial charge is 0.534 e. The lowest BCUT2D eigenvalue weighted by Crippen LogP contribution is -2.28. The Morgan fingerprint density at radius 2 is 1.73 bits per heavy atom. The predicted molar refractivity (Wildman–Crippen MR) is 158 cm³/mol. The van der Waals surface area contributed by atoms with Crippen molar-refractivity contribution in [3.63, 3.8) is 0 Å². The first-order valence-electron chi connectivity index (χ1n) is 14.0. The van der Waals surface area contributed by atoms with Crippen LogP contribution >= 0.6 is 0 Å². The van der Waals surface area contributed by atoms with Crippen molar-refractivity contribution in [2.45, 2.75) is 65.3 Å². The van der Waals surface area contributed by atoms with E-state index in [2.05, 4.69) is 29.9 Å². The summed E-state index contributed by atoms with van der Waals surface area (Å²) in [6.07, 6.45) is 0.848. The van der Waals surface area contributed by atoms with Gasteiger partial charge in [0.2, 0.25) is 11.6 Å². The van der Waals surface area contributed by atoms with E-state index in [4.69, 9.17) is 9.52 Å². The first kappa shape index (κ1) is 33.9. The van der Waals surface area contributed by atoms with Crippen LogP contribution in [-0.4, -0.2) is 31.5 Å². The number of halogens is 5. The van der Waals surface area contributed by atoms with Crippen molar-refractivity contribution in [1.82, 2.24) is 0 Å². The Bertz CT molecular complexity index is 1910. The summed E-state index contributed by atoms with van der Waals surface area (Å²) < 4.78 is 103. The van der Waals surface area contributed by atoms with Gasteiger partial charge in [-0.1, -0.05) is 52.0 Å². The third-order valence-corrected chi connectivity index (χ3v) is 8.14. The number of hydrogen-bond acceptors (Lipinski definition) is 6. The molecule has 4 rings (SSSR count). The van der Waals surface area contributed by atoms with E-state index in [1.54, 1.807) is 37.3 Å². The van der Waals surface area contributed by atoms with Gasteiger partial charge < -0.3 is 13.7 Å². The molecule has 0 bridgehead atoms. The molecule has 1 atom stereocenters. The third kappa shape index (κ3) is 7.29. The molecule has 1 aliphatic carbocycles. The molecule has 0 fully saturated rings. The number of carbonyl (C=O) groups is 1. The molecule has 7 nitrogen and oxygen atoms in total. The van der Waals surface area contributed by atoms with Gasteiger partial charge in [-0.05, 0) is 59.9 Å². The molecule has 1 unspecified atom stereocenters. The second kappa shape index (κ2) is 12.4. The van der Waals surface area contributed by atoms with Gasteiger partial charge >= 0.3 is 21.6 Å². The van der Waals surface area contributed by atoms with Crippen molar-refractivity contribution in [3.05, 3.63) is 70.6 Å². The van der Waals surface area contributed by atoms with Crippen LogP contribution in [0.25, 0.3) is 33.4 Å². The van der Waals surface area contributed by atoms with Gasteiger partial charge in [-0.3, -0.25) is 9.79 Å². The Kier molecular flexibility index (Phi) is 9.35. The number of carboxylic acid groups (broad SMARTS) is 1. The molecule has 2 aromatic carbocycles. The van der Waals surface area contributed by atoms with Crippen LogP contribution in [0.3, 0.4) is 0 Å². The Balaban J connectivity index is 2.12. The highest BCUT2D eigenvalue weighted by Gasteiger charge is 2.49. The molecular formula is C32H32F5NO6S. The van der Waals surface area contributed by atoms with Gasteiger partial charge in [-0.15, -0.1) is 0 Å². The lowest BCUT2D eigenvalue weighted by molar-refractivity contribution is -0.137. The zero-order valence-corrected chi connectivity index (χ0v) is 26.0. The van der Waals surface area contributed by atoms with Gasteiger partial charge in [0.1, 0.15) is 5.76 Å². The lowest BCUT2D eigenvalue weighted by Gasteiger charge is -2.25. The van der Waals surface area contributed by atoms with Crippen LogP contribution in [0.15, 0.2) is 51.9 Å². The second-order valence-electron chi connectivity index (χ2n) is 12.1. The van der Waals surface area contributed by atoms with Crippen LogP contribution in [-0.2, 0) is 14.9 Å². The molecule has 45 heavy (non-hydrogen) atoms. The van der Waals surface area contributed by atoms with Crippen LogP contribution in [0.1, 0.15) is 64.0 Å². The minimum absolute atomic E-state index is 0.0274. The van der Waals surface area contributed by atoms with E-state index in [9.17, 15) is 26.4 Å². The topological polar surface area (TPSA) is 106 Å².